The number of hydrogen-bond acceptors (Lipinski definition) is 3. The molecule has 0 aliphatic carbocycles. The third-order valence-corrected chi connectivity index (χ3v) is 2.59. The molecule has 1 aromatic rings. The molecule has 0 saturated carbocycles. The van der Waals surface area contributed by atoms with Crippen LogP contribution in [0.25, 0.3) is 0 Å². The topological polar surface area (TPSA) is 38.9 Å². The van der Waals surface area contributed by atoms with Crippen molar-refractivity contribution in [3.05, 3.63) is 11.2 Å². The summed E-state index contributed by atoms with van der Waals surface area (Å²) in [7, 11) is 0. The highest BCUT2D eigenvalue weighted by Crippen LogP contribution is 2.28. The number of rotatable bonds is 3. The van der Waals surface area contributed by atoms with E-state index in [-0.39, 0.29) is 0 Å². The Hall–Kier alpha value is -0.570. The molecular formula is C9H16N2S. The summed E-state index contributed by atoms with van der Waals surface area (Å²) >= 11 is 1.53. The van der Waals surface area contributed by atoms with Crippen molar-refractivity contribution in [2.75, 3.05) is 5.73 Å². The molecule has 0 saturated heterocycles. The van der Waals surface area contributed by atoms with Crippen molar-refractivity contribution in [2.24, 2.45) is 5.92 Å². The Labute approximate surface area is 77.8 Å². The van der Waals surface area contributed by atoms with E-state index in [4.69, 9.17) is 5.73 Å². The summed E-state index contributed by atoms with van der Waals surface area (Å²) in [5.41, 5.74) is 8.67. The number of thiazole rings is 1. The second-order valence-corrected chi connectivity index (χ2v) is 4.52. The first-order chi connectivity index (χ1) is 5.61. The van der Waals surface area contributed by atoms with Crippen LogP contribution in [0.4, 0.5) is 5.00 Å². The Morgan fingerprint density at radius 1 is 1.50 bits per heavy atom. The first-order valence-corrected chi connectivity index (χ1v) is 5.18. The Morgan fingerprint density at radius 2 is 2.17 bits per heavy atom. The van der Waals surface area contributed by atoms with Crippen molar-refractivity contribution in [3.63, 3.8) is 0 Å². The minimum absolute atomic E-state index is 0.497. The lowest BCUT2D eigenvalue weighted by Gasteiger charge is -2.11. The normalized spacial score (nSPS) is 13.7. The molecular weight excluding hydrogens is 168 g/mol. The number of nitrogens with two attached hydrogens (primary N) is 1. The molecule has 0 aliphatic rings. The third-order valence-electron chi connectivity index (χ3n) is 1.92. The fourth-order valence-corrected chi connectivity index (χ4v) is 2.11. The van der Waals surface area contributed by atoms with Crippen LogP contribution in [0.1, 0.15) is 38.8 Å². The van der Waals surface area contributed by atoms with Crippen LogP contribution in [0.15, 0.2) is 5.51 Å². The summed E-state index contributed by atoms with van der Waals surface area (Å²) in [4.78, 5) is 4.26. The van der Waals surface area contributed by atoms with E-state index in [0.29, 0.717) is 11.8 Å². The van der Waals surface area contributed by atoms with Gasteiger partial charge in [0.05, 0.1) is 11.2 Å². The lowest BCUT2D eigenvalue weighted by atomic mass is 9.96. The van der Waals surface area contributed by atoms with Crippen LogP contribution in [-0.2, 0) is 0 Å². The van der Waals surface area contributed by atoms with Crippen molar-refractivity contribution < 1.29 is 0 Å². The molecule has 0 aromatic carbocycles. The molecule has 0 aliphatic heterocycles. The maximum Gasteiger partial charge on any atom is 0.109 e. The molecule has 1 rings (SSSR count). The maximum atomic E-state index is 5.77. The van der Waals surface area contributed by atoms with Gasteiger partial charge in [-0.3, -0.25) is 0 Å². The molecule has 0 amide bonds. The van der Waals surface area contributed by atoms with Gasteiger partial charge in [-0.2, -0.15) is 0 Å². The van der Waals surface area contributed by atoms with E-state index in [0.717, 1.165) is 17.1 Å². The van der Waals surface area contributed by atoms with E-state index >= 15 is 0 Å². The van der Waals surface area contributed by atoms with Gasteiger partial charge in [0.15, 0.2) is 0 Å². The lowest BCUT2D eigenvalue weighted by molar-refractivity contribution is 0.518. The van der Waals surface area contributed by atoms with Gasteiger partial charge in [-0.05, 0) is 12.3 Å². The largest absolute Gasteiger partial charge is 0.389 e. The molecule has 68 valence electrons. The van der Waals surface area contributed by atoms with Crippen LogP contribution < -0.4 is 5.73 Å². The zero-order valence-electron chi connectivity index (χ0n) is 7.87. The SMILES string of the molecule is CC(C)CC(C)c1ncsc1N. The quantitative estimate of drug-likeness (QED) is 0.784. The van der Waals surface area contributed by atoms with Crippen LogP contribution in [0, 0.1) is 5.92 Å². The van der Waals surface area contributed by atoms with Gasteiger partial charge in [0.1, 0.15) is 5.00 Å². The molecule has 3 heteroatoms. The number of nitrogen functional groups attached to an aromatic ring is 1. The Kier molecular flexibility index (Phi) is 3.09. The number of hydrogen-bond donors (Lipinski definition) is 1. The number of aromatic nitrogens is 1. The molecule has 1 atom stereocenters. The first kappa shape index (κ1) is 9.52. The minimum atomic E-state index is 0.497. The zero-order chi connectivity index (χ0) is 9.14. The van der Waals surface area contributed by atoms with Crippen LogP contribution in [-0.4, -0.2) is 4.98 Å². The van der Waals surface area contributed by atoms with E-state index in [1.54, 1.807) is 0 Å². The molecule has 0 bridgehead atoms. The van der Waals surface area contributed by atoms with Crippen molar-refractivity contribution >= 4 is 16.3 Å². The fraction of sp³-hybridized carbons (Fsp3) is 0.667. The molecule has 0 radical (unpaired) electrons. The molecule has 1 heterocycles. The van der Waals surface area contributed by atoms with Gasteiger partial charge in [-0.25, -0.2) is 4.98 Å². The summed E-state index contributed by atoms with van der Waals surface area (Å²) in [6.45, 7) is 6.63. The fourth-order valence-electron chi connectivity index (χ4n) is 1.45. The molecule has 1 unspecified atom stereocenters. The van der Waals surface area contributed by atoms with E-state index in [1.165, 1.54) is 11.3 Å². The van der Waals surface area contributed by atoms with Gasteiger partial charge in [-0.1, -0.05) is 20.8 Å². The summed E-state index contributed by atoms with van der Waals surface area (Å²) in [5.74, 6) is 1.21. The average Bonchev–Trinajstić information content (AvgIpc) is 2.33. The monoisotopic (exact) mass is 184 g/mol. The van der Waals surface area contributed by atoms with Crippen molar-refractivity contribution in [2.45, 2.75) is 33.1 Å². The van der Waals surface area contributed by atoms with Crippen molar-refractivity contribution in [1.82, 2.24) is 4.98 Å². The van der Waals surface area contributed by atoms with Crippen LogP contribution in [0.2, 0.25) is 0 Å². The van der Waals surface area contributed by atoms with Crippen molar-refractivity contribution in [3.8, 4) is 0 Å². The number of nitrogens with zero attached hydrogens (tertiary/aromatic N) is 1. The van der Waals surface area contributed by atoms with Gasteiger partial charge < -0.3 is 5.73 Å². The molecule has 2 nitrogen and oxygen atoms in total. The van der Waals surface area contributed by atoms with Gasteiger partial charge in [-0.15, -0.1) is 11.3 Å². The van der Waals surface area contributed by atoms with E-state index in [1.807, 2.05) is 5.51 Å². The smallest absolute Gasteiger partial charge is 0.109 e. The molecule has 0 spiro atoms. The zero-order valence-corrected chi connectivity index (χ0v) is 8.69. The second kappa shape index (κ2) is 3.90. The van der Waals surface area contributed by atoms with E-state index < -0.39 is 0 Å². The van der Waals surface area contributed by atoms with E-state index in [2.05, 4.69) is 25.8 Å². The first-order valence-electron chi connectivity index (χ1n) is 4.30. The predicted octanol–water partition coefficient (Wildman–Crippen LogP) is 2.87. The maximum absolute atomic E-state index is 5.77. The van der Waals surface area contributed by atoms with Crippen molar-refractivity contribution in [1.29, 1.82) is 0 Å². The van der Waals surface area contributed by atoms with Crippen LogP contribution in [0.5, 0.6) is 0 Å². The van der Waals surface area contributed by atoms with Gasteiger partial charge in [0.2, 0.25) is 0 Å². The van der Waals surface area contributed by atoms with Gasteiger partial charge in [0, 0.05) is 5.92 Å². The number of anilines is 1. The summed E-state index contributed by atoms with van der Waals surface area (Å²) < 4.78 is 0. The standard InChI is InChI=1S/C9H16N2S/c1-6(2)4-7(3)8-9(10)12-5-11-8/h5-7H,4,10H2,1-3H3. The molecule has 1 aromatic heterocycles. The van der Waals surface area contributed by atoms with Crippen LogP contribution >= 0.6 is 11.3 Å². The highest BCUT2D eigenvalue weighted by molar-refractivity contribution is 7.13. The van der Waals surface area contributed by atoms with E-state index in [9.17, 15) is 0 Å². The highest BCUT2D eigenvalue weighted by atomic mass is 32.1. The second-order valence-electron chi connectivity index (χ2n) is 3.63. The average molecular weight is 184 g/mol. The van der Waals surface area contributed by atoms with Crippen LogP contribution in [0.3, 0.4) is 0 Å². The Bertz CT molecular complexity index is 242. The Balaban J connectivity index is 2.65. The predicted molar refractivity (Wildman–Crippen MR) is 54.4 cm³/mol. The third kappa shape index (κ3) is 2.21. The molecule has 2 N–H and O–H groups in total. The van der Waals surface area contributed by atoms with Gasteiger partial charge in [0.25, 0.3) is 0 Å². The van der Waals surface area contributed by atoms with Gasteiger partial charge >= 0.3 is 0 Å². The minimum Gasteiger partial charge on any atom is -0.389 e. The Morgan fingerprint density at radius 3 is 2.58 bits per heavy atom. The molecule has 12 heavy (non-hydrogen) atoms. The highest BCUT2D eigenvalue weighted by Gasteiger charge is 2.12. The lowest BCUT2D eigenvalue weighted by Crippen LogP contribution is -2.01. The summed E-state index contributed by atoms with van der Waals surface area (Å²) in [6.07, 6.45) is 1.16. The summed E-state index contributed by atoms with van der Waals surface area (Å²) in [5, 5.41) is 0.878. The molecule has 0 fully saturated rings. The summed E-state index contributed by atoms with van der Waals surface area (Å²) in [6, 6.07) is 0.